The zero-order chi connectivity index (χ0) is 32.5. The predicted octanol–water partition coefficient (Wildman–Crippen LogP) is 5.93. The standard InChI is InChI=1S/C37H29F2N3O5/c38-27-17-16-26(29(39)18-27)19-40-36(44)28-20-41-21-30-42(37(45)32(41)35(33(28)43)46-22-23-10-4-1-5-11-23)31(24-12-6-2-7-13-24)34(47-30)25-14-8-3-9-15-25/h1-18,20,30-31,34H,19,21-22H2,(H,40,44)/t30-,31-,34+/m1/s1. The first-order chi connectivity index (χ1) is 22.9. The summed E-state index contributed by atoms with van der Waals surface area (Å²) in [6.07, 6.45) is 0.0883. The molecule has 0 radical (unpaired) electrons. The van der Waals surface area contributed by atoms with Crippen LogP contribution in [-0.2, 0) is 24.4 Å². The molecule has 0 unspecified atom stereocenters. The molecule has 47 heavy (non-hydrogen) atoms. The Balaban J connectivity index is 1.29. The molecule has 1 aromatic heterocycles. The molecule has 1 fully saturated rings. The lowest BCUT2D eigenvalue weighted by molar-refractivity contribution is -0.0155. The van der Waals surface area contributed by atoms with Gasteiger partial charge in [0.1, 0.15) is 29.9 Å². The van der Waals surface area contributed by atoms with Crippen molar-refractivity contribution in [2.75, 3.05) is 0 Å². The third kappa shape index (κ3) is 5.79. The normalized spacial score (nSPS) is 18.4. The zero-order valence-corrected chi connectivity index (χ0v) is 25.0. The van der Waals surface area contributed by atoms with Crippen molar-refractivity contribution in [2.45, 2.75) is 38.1 Å². The Labute approximate surface area is 268 Å². The van der Waals surface area contributed by atoms with E-state index in [1.807, 2.05) is 91.0 Å². The Kier molecular flexibility index (Phi) is 8.09. The van der Waals surface area contributed by atoms with Crippen LogP contribution >= 0.6 is 0 Å². The molecule has 5 aromatic rings. The summed E-state index contributed by atoms with van der Waals surface area (Å²) < 4.78 is 41.8. The number of carbonyl (C=O) groups excluding carboxylic acids is 2. The van der Waals surface area contributed by atoms with E-state index in [0.29, 0.717) is 0 Å². The predicted molar refractivity (Wildman–Crippen MR) is 168 cm³/mol. The highest BCUT2D eigenvalue weighted by atomic mass is 19.1. The number of hydrogen-bond donors (Lipinski definition) is 1. The maximum atomic E-state index is 14.5. The van der Waals surface area contributed by atoms with E-state index in [1.165, 1.54) is 16.8 Å². The molecule has 0 aliphatic carbocycles. The van der Waals surface area contributed by atoms with E-state index in [0.717, 1.165) is 28.8 Å². The molecule has 7 rings (SSSR count). The van der Waals surface area contributed by atoms with Gasteiger partial charge in [-0.3, -0.25) is 19.3 Å². The van der Waals surface area contributed by atoms with Crippen LogP contribution in [0.4, 0.5) is 8.78 Å². The van der Waals surface area contributed by atoms with Crippen LogP contribution in [0.25, 0.3) is 0 Å². The quantitative estimate of drug-likeness (QED) is 0.229. The van der Waals surface area contributed by atoms with Gasteiger partial charge in [0.2, 0.25) is 5.43 Å². The van der Waals surface area contributed by atoms with Crippen LogP contribution in [0.15, 0.2) is 120 Å². The minimum atomic E-state index is -0.829. The van der Waals surface area contributed by atoms with Crippen LogP contribution in [0, 0.1) is 11.6 Å². The first-order valence-electron chi connectivity index (χ1n) is 15.1. The number of fused-ring (bicyclic) bond motifs is 2. The Morgan fingerprint density at radius 1 is 0.872 bits per heavy atom. The number of ether oxygens (including phenoxy) is 2. The van der Waals surface area contributed by atoms with Gasteiger partial charge in [0.25, 0.3) is 11.8 Å². The average Bonchev–Trinajstić information content (AvgIpc) is 3.48. The number of benzene rings is 4. The SMILES string of the molecule is O=C(NCc1ccc(F)cc1F)c1cn2c(c(OCc3ccccc3)c1=O)C(=O)N1[C@H](c3ccccc3)[C@H](c3ccccc3)O[C@@H]1C2. The highest BCUT2D eigenvalue weighted by Crippen LogP contribution is 2.47. The maximum absolute atomic E-state index is 14.5. The topological polar surface area (TPSA) is 89.9 Å². The Morgan fingerprint density at radius 2 is 1.53 bits per heavy atom. The van der Waals surface area contributed by atoms with Crippen molar-refractivity contribution in [1.29, 1.82) is 0 Å². The third-order valence-corrected chi connectivity index (χ3v) is 8.42. The molecule has 4 aromatic carbocycles. The third-order valence-electron chi connectivity index (χ3n) is 8.42. The van der Waals surface area contributed by atoms with Crippen molar-refractivity contribution >= 4 is 11.8 Å². The zero-order valence-electron chi connectivity index (χ0n) is 25.0. The van der Waals surface area contributed by atoms with Crippen molar-refractivity contribution in [1.82, 2.24) is 14.8 Å². The number of nitrogens with one attached hydrogen (secondary N) is 1. The van der Waals surface area contributed by atoms with Crippen molar-refractivity contribution in [2.24, 2.45) is 0 Å². The summed E-state index contributed by atoms with van der Waals surface area (Å²) >= 11 is 0. The monoisotopic (exact) mass is 633 g/mol. The van der Waals surface area contributed by atoms with Gasteiger partial charge in [-0.25, -0.2) is 8.78 Å². The molecule has 3 heterocycles. The fourth-order valence-electron chi connectivity index (χ4n) is 6.17. The largest absolute Gasteiger partial charge is 0.483 e. The second kappa shape index (κ2) is 12.6. The van der Waals surface area contributed by atoms with Gasteiger partial charge in [-0.1, -0.05) is 97.1 Å². The number of aromatic nitrogens is 1. The summed E-state index contributed by atoms with van der Waals surface area (Å²) in [5, 5.41) is 2.54. The van der Waals surface area contributed by atoms with E-state index in [2.05, 4.69) is 5.32 Å². The molecule has 1 N–H and O–H groups in total. The van der Waals surface area contributed by atoms with Gasteiger partial charge < -0.3 is 19.4 Å². The molecule has 236 valence electrons. The van der Waals surface area contributed by atoms with Gasteiger partial charge in [0.05, 0.1) is 12.6 Å². The number of nitrogens with zero attached hydrogens (tertiary/aromatic N) is 2. The molecule has 2 amide bonds. The molecule has 10 heteroatoms. The Morgan fingerprint density at radius 3 is 2.21 bits per heavy atom. The van der Waals surface area contributed by atoms with E-state index in [1.54, 1.807) is 4.90 Å². The molecule has 0 bridgehead atoms. The van der Waals surface area contributed by atoms with Crippen molar-refractivity contribution in [3.8, 4) is 5.75 Å². The minimum Gasteiger partial charge on any atom is -0.483 e. The first kappa shape index (κ1) is 30.1. The fraction of sp³-hybridized carbons (Fsp3) is 0.162. The van der Waals surface area contributed by atoms with Crippen LogP contribution < -0.4 is 15.5 Å². The Hall–Kier alpha value is -5.61. The highest BCUT2D eigenvalue weighted by molar-refractivity contribution is 5.99. The fourth-order valence-corrected chi connectivity index (χ4v) is 6.17. The lowest BCUT2D eigenvalue weighted by Crippen LogP contribution is -2.47. The molecule has 1 saturated heterocycles. The molecule has 2 aliphatic heterocycles. The molecule has 0 spiro atoms. The van der Waals surface area contributed by atoms with Gasteiger partial charge in [-0.05, 0) is 22.8 Å². The van der Waals surface area contributed by atoms with E-state index in [9.17, 15) is 23.2 Å². The van der Waals surface area contributed by atoms with Gasteiger partial charge in [-0.15, -0.1) is 0 Å². The summed E-state index contributed by atoms with van der Waals surface area (Å²) in [6.45, 7) is -0.207. The van der Waals surface area contributed by atoms with Crippen LogP contribution in [0.1, 0.15) is 55.2 Å². The molecular formula is C37H29F2N3O5. The molecule has 0 saturated carbocycles. The lowest BCUT2D eigenvalue weighted by atomic mass is 9.94. The van der Waals surface area contributed by atoms with Crippen LogP contribution in [0.3, 0.4) is 0 Å². The van der Waals surface area contributed by atoms with E-state index in [4.69, 9.17) is 9.47 Å². The van der Waals surface area contributed by atoms with E-state index < -0.39 is 47.3 Å². The summed E-state index contributed by atoms with van der Waals surface area (Å²) in [5.74, 6) is -3.13. The molecular weight excluding hydrogens is 604 g/mol. The summed E-state index contributed by atoms with van der Waals surface area (Å²) in [7, 11) is 0. The lowest BCUT2D eigenvalue weighted by Gasteiger charge is -2.35. The van der Waals surface area contributed by atoms with Gasteiger partial charge >= 0.3 is 0 Å². The summed E-state index contributed by atoms with van der Waals surface area (Å²) in [5.41, 5.74) is 1.47. The number of halogens is 2. The van der Waals surface area contributed by atoms with E-state index in [-0.39, 0.29) is 42.3 Å². The van der Waals surface area contributed by atoms with Crippen molar-refractivity contribution in [3.63, 3.8) is 0 Å². The van der Waals surface area contributed by atoms with Crippen LogP contribution in [0.5, 0.6) is 5.75 Å². The highest BCUT2D eigenvalue weighted by Gasteiger charge is 2.50. The molecule has 2 aliphatic rings. The summed E-state index contributed by atoms with van der Waals surface area (Å²) in [6, 6.07) is 30.8. The first-order valence-corrected chi connectivity index (χ1v) is 15.1. The number of pyridine rings is 1. The Bertz CT molecular complexity index is 2000. The summed E-state index contributed by atoms with van der Waals surface area (Å²) in [4.78, 5) is 43.6. The number of hydrogen-bond acceptors (Lipinski definition) is 5. The van der Waals surface area contributed by atoms with Gasteiger partial charge in [-0.2, -0.15) is 0 Å². The minimum absolute atomic E-state index is 0.00144. The second-order valence-corrected chi connectivity index (χ2v) is 11.4. The van der Waals surface area contributed by atoms with Gasteiger partial charge in [0, 0.05) is 24.4 Å². The molecule has 3 atom stereocenters. The van der Waals surface area contributed by atoms with Crippen molar-refractivity contribution in [3.05, 3.63) is 171 Å². The van der Waals surface area contributed by atoms with Crippen LogP contribution in [0.2, 0.25) is 0 Å². The number of rotatable bonds is 8. The molecule has 8 nitrogen and oxygen atoms in total. The average molecular weight is 634 g/mol. The van der Waals surface area contributed by atoms with Gasteiger partial charge in [0.15, 0.2) is 17.7 Å². The number of amides is 2. The maximum Gasteiger partial charge on any atom is 0.277 e. The van der Waals surface area contributed by atoms with E-state index >= 15 is 0 Å². The van der Waals surface area contributed by atoms with Crippen molar-refractivity contribution < 1.29 is 27.8 Å². The van der Waals surface area contributed by atoms with Crippen LogP contribution in [-0.4, -0.2) is 27.5 Å². The number of carbonyl (C=O) groups is 2. The smallest absolute Gasteiger partial charge is 0.277 e. The second-order valence-electron chi connectivity index (χ2n) is 11.4.